The maximum Gasteiger partial charge on any atom is 0.240 e. The number of imidazole rings is 1. The summed E-state index contributed by atoms with van der Waals surface area (Å²) in [7, 11) is -3.46. The third-order valence-corrected chi connectivity index (χ3v) is 6.29. The first-order chi connectivity index (χ1) is 12.1. The summed E-state index contributed by atoms with van der Waals surface area (Å²) in [5, 5.41) is 0. The number of rotatable bonds is 4. The highest BCUT2D eigenvalue weighted by Crippen LogP contribution is 2.23. The van der Waals surface area contributed by atoms with Crippen LogP contribution in [0.3, 0.4) is 0 Å². The lowest BCUT2D eigenvalue weighted by atomic mass is 9.96. The van der Waals surface area contributed by atoms with E-state index >= 15 is 0 Å². The van der Waals surface area contributed by atoms with Crippen molar-refractivity contribution >= 4 is 21.1 Å². The molecule has 2 N–H and O–H groups in total. The Labute approximate surface area is 147 Å². The molecule has 0 aliphatic heterocycles. The van der Waals surface area contributed by atoms with E-state index in [1.165, 1.54) is 6.42 Å². The van der Waals surface area contributed by atoms with Crippen LogP contribution in [-0.4, -0.2) is 24.4 Å². The van der Waals surface area contributed by atoms with Crippen molar-refractivity contribution in [1.29, 1.82) is 0 Å². The zero-order valence-corrected chi connectivity index (χ0v) is 14.7. The van der Waals surface area contributed by atoms with Crippen LogP contribution in [0.15, 0.2) is 53.4 Å². The summed E-state index contributed by atoms with van der Waals surface area (Å²) in [5.74, 6) is 0.741. The van der Waals surface area contributed by atoms with Crippen LogP contribution in [0.1, 0.15) is 32.1 Å². The lowest BCUT2D eigenvalue weighted by Gasteiger charge is -2.22. The van der Waals surface area contributed by atoms with Crippen LogP contribution in [-0.2, 0) is 10.0 Å². The normalized spacial score (nSPS) is 16.3. The van der Waals surface area contributed by atoms with Crippen molar-refractivity contribution in [1.82, 2.24) is 14.7 Å². The lowest BCUT2D eigenvalue weighted by molar-refractivity contribution is 0.412. The predicted octanol–water partition coefficient (Wildman–Crippen LogP) is 3.84. The highest BCUT2D eigenvalue weighted by Gasteiger charge is 2.21. The molecule has 6 heteroatoms. The minimum Gasteiger partial charge on any atom is -0.338 e. The number of nitrogens with zero attached hydrogens (tertiary/aromatic N) is 1. The van der Waals surface area contributed by atoms with Crippen molar-refractivity contribution in [2.24, 2.45) is 0 Å². The van der Waals surface area contributed by atoms with Crippen LogP contribution in [0.5, 0.6) is 0 Å². The second-order valence-electron chi connectivity index (χ2n) is 6.58. The van der Waals surface area contributed by atoms with Crippen LogP contribution >= 0.6 is 0 Å². The third kappa shape index (κ3) is 3.45. The van der Waals surface area contributed by atoms with Gasteiger partial charge in [0.1, 0.15) is 5.82 Å². The van der Waals surface area contributed by atoms with Gasteiger partial charge in [0.15, 0.2) is 0 Å². The minimum absolute atomic E-state index is 0.0637. The molecule has 1 saturated carbocycles. The zero-order chi connectivity index (χ0) is 17.3. The number of hydrogen-bond donors (Lipinski definition) is 2. The number of aromatic amines is 1. The summed E-state index contributed by atoms with van der Waals surface area (Å²) in [6, 6.07) is 14.8. The number of H-pyrrole nitrogens is 1. The first-order valence-electron chi connectivity index (χ1n) is 8.69. The number of fused-ring (bicyclic) bond motifs is 1. The quantitative estimate of drug-likeness (QED) is 0.747. The van der Waals surface area contributed by atoms with E-state index in [1.54, 1.807) is 24.3 Å². The second-order valence-corrected chi connectivity index (χ2v) is 8.30. The van der Waals surface area contributed by atoms with Gasteiger partial charge in [-0.3, -0.25) is 0 Å². The fourth-order valence-corrected chi connectivity index (χ4v) is 4.69. The molecule has 0 bridgehead atoms. The summed E-state index contributed by atoms with van der Waals surface area (Å²) in [5.41, 5.74) is 2.73. The number of aromatic nitrogens is 2. The van der Waals surface area contributed by atoms with Gasteiger partial charge < -0.3 is 4.98 Å². The van der Waals surface area contributed by atoms with Crippen molar-refractivity contribution in [2.75, 3.05) is 0 Å². The molecule has 25 heavy (non-hydrogen) atoms. The molecule has 0 atom stereocenters. The molecular formula is C19H21N3O2S. The molecule has 0 spiro atoms. The largest absolute Gasteiger partial charge is 0.338 e. The fourth-order valence-electron chi connectivity index (χ4n) is 3.39. The number of benzene rings is 2. The molecule has 2 aromatic carbocycles. The molecule has 1 aliphatic carbocycles. The number of nitrogens with one attached hydrogen (secondary N) is 2. The van der Waals surface area contributed by atoms with E-state index in [0.29, 0.717) is 4.90 Å². The molecule has 0 saturated heterocycles. The summed E-state index contributed by atoms with van der Waals surface area (Å²) in [6.07, 6.45) is 5.24. The van der Waals surface area contributed by atoms with E-state index in [2.05, 4.69) is 14.7 Å². The zero-order valence-electron chi connectivity index (χ0n) is 13.9. The Bertz CT molecular complexity index is 938. The Morgan fingerprint density at radius 3 is 2.40 bits per heavy atom. The number of para-hydroxylation sites is 2. The first-order valence-corrected chi connectivity index (χ1v) is 10.2. The van der Waals surface area contributed by atoms with Gasteiger partial charge in [0.05, 0.1) is 15.9 Å². The molecular weight excluding hydrogens is 334 g/mol. The maximum absolute atomic E-state index is 12.6. The van der Waals surface area contributed by atoms with Crippen molar-refractivity contribution in [3.05, 3.63) is 48.5 Å². The predicted molar refractivity (Wildman–Crippen MR) is 98.7 cm³/mol. The Morgan fingerprint density at radius 1 is 0.960 bits per heavy atom. The van der Waals surface area contributed by atoms with Gasteiger partial charge in [0, 0.05) is 11.6 Å². The molecule has 1 heterocycles. The van der Waals surface area contributed by atoms with Crippen molar-refractivity contribution in [3.8, 4) is 11.4 Å². The Kier molecular flexibility index (Phi) is 4.31. The van der Waals surface area contributed by atoms with Gasteiger partial charge in [0.2, 0.25) is 10.0 Å². The van der Waals surface area contributed by atoms with Crippen molar-refractivity contribution in [2.45, 2.75) is 43.0 Å². The van der Waals surface area contributed by atoms with Crippen LogP contribution in [0, 0.1) is 0 Å². The van der Waals surface area contributed by atoms with E-state index in [1.807, 2.05) is 24.3 Å². The average Bonchev–Trinajstić information content (AvgIpc) is 3.06. The second kappa shape index (κ2) is 6.61. The van der Waals surface area contributed by atoms with Gasteiger partial charge in [-0.1, -0.05) is 31.4 Å². The van der Waals surface area contributed by atoms with Gasteiger partial charge in [0.25, 0.3) is 0 Å². The Balaban J connectivity index is 1.56. The number of sulfonamides is 1. The molecule has 3 aromatic rings. The molecule has 5 nitrogen and oxygen atoms in total. The highest BCUT2D eigenvalue weighted by atomic mass is 32.2. The van der Waals surface area contributed by atoms with Crippen molar-refractivity contribution in [3.63, 3.8) is 0 Å². The Morgan fingerprint density at radius 2 is 1.68 bits per heavy atom. The van der Waals surface area contributed by atoms with Crippen LogP contribution < -0.4 is 4.72 Å². The molecule has 1 fully saturated rings. The van der Waals surface area contributed by atoms with Crippen LogP contribution in [0.4, 0.5) is 0 Å². The van der Waals surface area contributed by atoms with E-state index in [-0.39, 0.29) is 6.04 Å². The molecule has 1 aliphatic rings. The average molecular weight is 355 g/mol. The van der Waals surface area contributed by atoms with E-state index in [0.717, 1.165) is 48.1 Å². The molecule has 0 amide bonds. The van der Waals surface area contributed by atoms with Gasteiger partial charge in [-0.15, -0.1) is 0 Å². The van der Waals surface area contributed by atoms with E-state index in [9.17, 15) is 8.42 Å². The summed E-state index contributed by atoms with van der Waals surface area (Å²) in [6.45, 7) is 0. The molecule has 4 rings (SSSR count). The van der Waals surface area contributed by atoms with Gasteiger partial charge >= 0.3 is 0 Å². The third-order valence-electron chi connectivity index (χ3n) is 4.75. The minimum atomic E-state index is -3.46. The Hall–Kier alpha value is -2.18. The van der Waals surface area contributed by atoms with Gasteiger partial charge in [-0.05, 0) is 49.2 Å². The van der Waals surface area contributed by atoms with Gasteiger partial charge in [-0.25, -0.2) is 18.1 Å². The van der Waals surface area contributed by atoms with Gasteiger partial charge in [-0.2, -0.15) is 0 Å². The SMILES string of the molecule is O=S(=O)(NC1CCCCC1)c1ccc(-c2nc3ccccc3[nH]2)cc1. The lowest BCUT2D eigenvalue weighted by Crippen LogP contribution is -2.36. The van der Waals surface area contributed by atoms with Crippen molar-refractivity contribution < 1.29 is 8.42 Å². The van der Waals surface area contributed by atoms with E-state index in [4.69, 9.17) is 0 Å². The first kappa shape index (κ1) is 16.3. The maximum atomic E-state index is 12.6. The number of hydrogen-bond acceptors (Lipinski definition) is 3. The monoisotopic (exact) mass is 355 g/mol. The molecule has 0 radical (unpaired) electrons. The summed E-state index contributed by atoms with van der Waals surface area (Å²) in [4.78, 5) is 8.11. The van der Waals surface area contributed by atoms with Crippen LogP contribution in [0.25, 0.3) is 22.4 Å². The molecule has 0 unspecified atom stereocenters. The standard InChI is InChI=1S/C19H21N3O2S/c23-25(24,22-15-6-2-1-3-7-15)16-12-10-14(11-13-16)19-20-17-8-4-5-9-18(17)21-19/h4-5,8-13,15,22H,1-3,6-7H2,(H,20,21). The molecule has 1 aromatic heterocycles. The summed E-state index contributed by atoms with van der Waals surface area (Å²) < 4.78 is 28.0. The fraction of sp³-hybridized carbons (Fsp3) is 0.316. The van der Waals surface area contributed by atoms with Crippen LogP contribution in [0.2, 0.25) is 0 Å². The smallest absolute Gasteiger partial charge is 0.240 e. The topological polar surface area (TPSA) is 74.8 Å². The molecule has 130 valence electrons. The highest BCUT2D eigenvalue weighted by molar-refractivity contribution is 7.89. The van der Waals surface area contributed by atoms with E-state index < -0.39 is 10.0 Å². The summed E-state index contributed by atoms with van der Waals surface area (Å²) >= 11 is 0.